The fraction of sp³-hybridized carbons (Fsp3) is 0.364. The summed E-state index contributed by atoms with van der Waals surface area (Å²) < 4.78 is 29.6. The van der Waals surface area contributed by atoms with Gasteiger partial charge in [0.2, 0.25) is 10.0 Å². The molecule has 1 heterocycles. The van der Waals surface area contributed by atoms with Crippen molar-refractivity contribution >= 4 is 37.5 Å². The molecule has 0 unspecified atom stereocenters. The molecular weight excluding hydrogens is 418 g/mol. The second-order valence-electron chi connectivity index (χ2n) is 7.18. The van der Waals surface area contributed by atoms with E-state index in [1.165, 1.54) is 45.5 Å². The molecule has 0 aliphatic heterocycles. The number of benzene rings is 2. The Labute approximate surface area is 181 Å². The molecule has 6 nitrogen and oxygen atoms in total. The molecule has 0 N–H and O–H groups in total. The lowest BCUT2D eigenvalue weighted by molar-refractivity contribution is 0.0998. The Bertz CT molecular complexity index is 1220. The fourth-order valence-corrected chi connectivity index (χ4v) is 5.55. The predicted octanol–water partition coefficient (Wildman–Crippen LogP) is 3.96. The minimum atomic E-state index is -3.55. The normalized spacial score (nSPS) is 12.8. The van der Waals surface area contributed by atoms with Crippen molar-refractivity contribution in [2.24, 2.45) is 12.0 Å². The summed E-state index contributed by atoms with van der Waals surface area (Å²) in [5, 5.41) is 0. The lowest BCUT2D eigenvalue weighted by atomic mass is 10.1. The van der Waals surface area contributed by atoms with Gasteiger partial charge in [-0.25, -0.2) is 12.7 Å². The van der Waals surface area contributed by atoms with Crippen LogP contribution in [-0.2, 0) is 23.5 Å². The maximum Gasteiger partial charge on any atom is 0.279 e. The highest BCUT2D eigenvalue weighted by atomic mass is 32.2. The Morgan fingerprint density at radius 2 is 1.83 bits per heavy atom. The van der Waals surface area contributed by atoms with Crippen LogP contribution in [0.3, 0.4) is 0 Å². The zero-order valence-electron chi connectivity index (χ0n) is 17.8. The number of hydrogen-bond donors (Lipinski definition) is 0. The Morgan fingerprint density at radius 1 is 1.13 bits per heavy atom. The minimum Gasteiger partial charge on any atom is -0.319 e. The van der Waals surface area contributed by atoms with E-state index in [1.807, 2.05) is 30.7 Å². The number of rotatable bonds is 7. The molecule has 0 fully saturated rings. The van der Waals surface area contributed by atoms with Crippen LogP contribution in [0.25, 0.3) is 10.2 Å². The third kappa shape index (κ3) is 4.40. The van der Waals surface area contributed by atoms with E-state index in [1.54, 1.807) is 7.05 Å². The van der Waals surface area contributed by atoms with Gasteiger partial charge in [-0.1, -0.05) is 43.7 Å². The summed E-state index contributed by atoms with van der Waals surface area (Å²) in [7, 11) is -0.0715. The molecule has 0 aliphatic carbocycles. The molecule has 3 aromatic rings. The minimum absolute atomic E-state index is 0.178. The number of para-hydroxylation sites is 1. The van der Waals surface area contributed by atoms with Crippen molar-refractivity contribution in [1.82, 2.24) is 8.87 Å². The number of thiazole rings is 1. The first-order valence-corrected chi connectivity index (χ1v) is 12.3. The van der Waals surface area contributed by atoms with Gasteiger partial charge < -0.3 is 4.57 Å². The zero-order chi connectivity index (χ0) is 21.9. The second kappa shape index (κ2) is 9.24. The van der Waals surface area contributed by atoms with E-state index in [4.69, 9.17) is 0 Å². The zero-order valence-corrected chi connectivity index (χ0v) is 19.4. The first kappa shape index (κ1) is 22.4. The summed E-state index contributed by atoms with van der Waals surface area (Å²) in [6.45, 7) is 4.59. The fourth-order valence-electron chi connectivity index (χ4n) is 3.28. The van der Waals surface area contributed by atoms with Gasteiger partial charge in [0.1, 0.15) is 0 Å². The Kier molecular flexibility index (Phi) is 6.90. The van der Waals surface area contributed by atoms with E-state index in [-0.39, 0.29) is 4.90 Å². The highest BCUT2D eigenvalue weighted by Gasteiger charge is 2.20. The van der Waals surface area contributed by atoms with Gasteiger partial charge in [0, 0.05) is 26.2 Å². The molecular formula is C22H27N3O3S2. The third-order valence-corrected chi connectivity index (χ3v) is 8.09. The number of hydrogen-bond acceptors (Lipinski definition) is 4. The molecule has 0 saturated heterocycles. The Balaban J connectivity index is 1.90. The van der Waals surface area contributed by atoms with Crippen molar-refractivity contribution in [2.75, 3.05) is 13.6 Å². The first-order valence-electron chi connectivity index (χ1n) is 10.0. The maximum atomic E-state index is 12.7. The van der Waals surface area contributed by atoms with Gasteiger partial charge in [0.05, 0.1) is 15.1 Å². The number of amides is 1. The van der Waals surface area contributed by atoms with Crippen LogP contribution in [0.5, 0.6) is 0 Å². The molecule has 30 heavy (non-hydrogen) atoms. The second-order valence-corrected chi connectivity index (χ2v) is 10.2. The largest absolute Gasteiger partial charge is 0.319 e. The van der Waals surface area contributed by atoms with Gasteiger partial charge >= 0.3 is 0 Å². The Morgan fingerprint density at radius 3 is 2.47 bits per heavy atom. The first-order chi connectivity index (χ1) is 14.3. The quantitative estimate of drug-likeness (QED) is 0.553. The number of aryl methyl sites for hydroxylation is 2. The van der Waals surface area contributed by atoms with E-state index < -0.39 is 15.9 Å². The number of fused-ring (bicyclic) bond motifs is 1. The molecule has 0 atom stereocenters. The number of sulfonamides is 1. The molecule has 0 aliphatic rings. The molecule has 0 bridgehead atoms. The van der Waals surface area contributed by atoms with Gasteiger partial charge in [-0.3, -0.25) is 4.79 Å². The van der Waals surface area contributed by atoms with Crippen molar-refractivity contribution in [3.8, 4) is 0 Å². The van der Waals surface area contributed by atoms with Crippen LogP contribution >= 0.6 is 11.3 Å². The average Bonchev–Trinajstić information content (AvgIpc) is 3.07. The standard InChI is InChI=1S/C22H27N3O3S2/c1-5-7-15-24(3)30(27,28)18-13-11-17(12-14-18)21(26)23-22-25(4)20-16(6-2)9-8-10-19(20)29-22/h8-14H,5-7,15H2,1-4H3. The molecule has 1 amide bonds. The lowest BCUT2D eigenvalue weighted by Crippen LogP contribution is -2.27. The molecule has 160 valence electrons. The van der Waals surface area contributed by atoms with Crippen molar-refractivity contribution < 1.29 is 13.2 Å². The van der Waals surface area contributed by atoms with Crippen molar-refractivity contribution in [1.29, 1.82) is 0 Å². The van der Waals surface area contributed by atoms with Crippen molar-refractivity contribution in [3.05, 3.63) is 58.4 Å². The lowest BCUT2D eigenvalue weighted by Gasteiger charge is -2.16. The van der Waals surface area contributed by atoms with Crippen LogP contribution in [0.4, 0.5) is 0 Å². The van der Waals surface area contributed by atoms with Gasteiger partial charge in [0.25, 0.3) is 5.91 Å². The molecule has 0 spiro atoms. The third-order valence-electron chi connectivity index (χ3n) is 5.12. The highest BCUT2D eigenvalue weighted by Crippen LogP contribution is 2.21. The monoisotopic (exact) mass is 445 g/mol. The van der Waals surface area contributed by atoms with E-state index in [9.17, 15) is 13.2 Å². The van der Waals surface area contributed by atoms with Crippen LogP contribution in [0.1, 0.15) is 42.6 Å². The van der Waals surface area contributed by atoms with Gasteiger partial charge in [-0.15, -0.1) is 0 Å². The molecule has 0 saturated carbocycles. The van der Waals surface area contributed by atoms with Crippen molar-refractivity contribution in [3.63, 3.8) is 0 Å². The molecule has 0 radical (unpaired) electrons. The SMILES string of the molecule is CCCCN(C)S(=O)(=O)c1ccc(C(=O)N=c2sc3cccc(CC)c3n2C)cc1. The van der Waals surface area contributed by atoms with E-state index in [0.29, 0.717) is 16.9 Å². The summed E-state index contributed by atoms with van der Waals surface area (Å²) in [5.41, 5.74) is 2.66. The van der Waals surface area contributed by atoms with Crippen LogP contribution in [0.15, 0.2) is 52.4 Å². The summed E-state index contributed by atoms with van der Waals surface area (Å²) in [6.07, 6.45) is 2.62. The highest BCUT2D eigenvalue weighted by molar-refractivity contribution is 7.89. The molecule has 1 aromatic heterocycles. The number of carbonyl (C=O) groups is 1. The summed E-state index contributed by atoms with van der Waals surface area (Å²) in [6, 6.07) is 12.1. The molecule has 2 aromatic carbocycles. The van der Waals surface area contributed by atoms with Gasteiger partial charge in [-0.05, 0) is 48.7 Å². The number of aromatic nitrogens is 1. The number of nitrogens with zero attached hydrogens (tertiary/aromatic N) is 3. The van der Waals surface area contributed by atoms with E-state index in [0.717, 1.165) is 29.5 Å². The topological polar surface area (TPSA) is 71.7 Å². The summed E-state index contributed by atoms with van der Waals surface area (Å²) in [4.78, 5) is 17.8. The number of carbonyl (C=O) groups excluding carboxylic acids is 1. The van der Waals surface area contributed by atoms with E-state index in [2.05, 4.69) is 18.0 Å². The molecule has 3 rings (SSSR count). The van der Waals surface area contributed by atoms with Crippen LogP contribution in [-0.4, -0.2) is 36.8 Å². The molecule has 8 heteroatoms. The summed E-state index contributed by atoms with van der Waals surface area (Å²) in [5.74, 6) is -0.390. The number of unbranched alkanes of at least 4 members (excludes halogenated alkanes) is 1. The van der Waals surface area contributed by atoms with Crippen LogP contribution in [0, 0.1) is 0 Å². The van der Waals surface area contributed by atoms with Gasteiger partial charge in [-0.2, -0.15) is 4.99 Å². The van der Waals surface area contributed by atoms with Crippen LogP contribution < -0.4 is 4.80 Å². The van der Waals surface area contributed by atoms with E-state index >= 15 is 0 Å². The smallest absolute Gasteiger partial charge is 0.279 e. The maximum absolute atomic E-state index is 12.7. The van der Waals surface area contributed by atoms with Crippen molar-refractivity contribution in [2.45, 2.75) is 38.0 Å². The van der Waals surface area contributed by atoms with Gasteiger partial charge in [0.15, 0.2) is 4.80 Å². The average molecular weight is 446 g/mol. The predicted molar refractivity (Wildman–Crippen MR) is 121 cm³/mol. The summed E-state index contributed by atoms with van der Waals surface area (Å²) >= 11 is 1.47. The Hall–Kier alpha value is -2.29. The van der Waals surface area contributed by atoms with Crippen LogP contribution in [0.2, 0.25) is 0 Å².